The summed E-state index contributed by atoms with van der Waals surface area (Å²) in [5, 5.41) is 14.2. The van der Waals surface area contributed by atoms with E-state index in [1.54, 1.807) is 0 Å². The van der Waals surface area contributed by atoms with E-state index in [1.807, 2.05) is 0 Å². The first kappa shape index (κ1) is 14.6. The molecule has 0 heterocycles. The summed E-state index contributed by atoms with van der Waals surface area (Å²) in [6, 6.07) is 0. The van der Waals surface area contributed by atoms with Crippen molar-refractivity contribution in [1.82, 2.24) is 0 Å². The molecule has 106 valence electrons. The second kappa shape index (κ2) is 4.63. The van der Waals surface area contributed by atoms with Gasteiger partial charge in [-0.3, -0.25) is 0 Å². The lowest BCUT2D eigenvalue weighted by molar-refractivity contribution is 0.405. The summed E-state index contributed by atoms with van der Waals surface area (Å²) in [7, 11) is -2.91. The predicted molar refractivity (Wildman–Crippen MR) is 53.5 cm³/mol. The summed E-state index contributed by atoms with van der Waals surface area (Å²) < 4.78 is 92.8. The molecule has 0 saturated heterocycles. The van der Waals surface area contributed by atoms with Crippen LogP contribution in [0.4, 0.5) is 30.7 Å². The third-order valence-corrected chi connectivity index (χ3v) is 2.64. The highest BCUT2D eigenvalue weighted by Gasteiger charge is 2.34. The van der Waals surface area contributed by atoms with Crippen LogP contribution in [0, 0.1) is 40.7 Å². The lowest BCUT2D eigenvalue weighted by atomic mass is 9.76. The van der Waals surface area contributed by atoms with Gasteiger partial charge in [0.25, 0.3) is 0 Å². The lowest BCUT2D eigenvalue weighted by Gasteiger charge is -2.12. The maximum Gasteiger partial charge on any atom is 0.492 e. The summed E-state index contributed by atoms with van der Waals surface area (Å²) in [6.07, 6.45) is 0. The third-order valence-electron chi connectivity index (χ3n) is 2.64. The molecule has 0 unspecified atom stereocenters. The maximum atomic E-state index is 13.5. The zero-order chi connectivity index (χ0) is 15.4. The largest absolute Gasteiger partial charge is 0.492 e. The number of fused-ring (bicyclic) bond motifs is 1. The van der Waals surface area contributed by atoms with Gasteiger partial charge in [0.1, 0.15) is 0 Å². The molecule has 0 aliphatic heterocycles. The van der Waals surface area contributed by atoms with E-state index < -0.39 is 64.1 Å². The SMILES string of the molecule is OB(O)c1c(F)c(F)c(F)c2c(F)c(F)c(F)c(F)c12. The van der Waals surface area contributed by atoms with Crippen molar-refractivity contribution < 1.29 is 40.8 Å². The Morgan fingerprint density at radius 1 is 0.500 bits per heavy atom. The molecule has 0 radical (unpaired) electrons. The van der Waals surface area contributed by atoms with E-state index in [-0.39, 0.29) is 0 Å². The van der Waals surface area contributed by atoms with Crippen LogP contribution in [-0.4, -0.2) is 17.2 Å². The molecule has 0 spiro atoms. The Kier molecular flexibility index (Phi) is 3.38. The van der Waals surface area contributed by atoms with Gasteiger partial charge in [-0.2, -0.15) is 0 Å². The van der Waals surface area contributed by atoms with Gasteiger partial charge in [0.15, 0.2) is 40.7 Å². The molecule has 0 atom stereocenters. The van der Waals surface area contributed by atoms with Crippen LogP contribution in [-0.2, 0) is 0 Å². The fourth-order valence-electron chi connectivity index (χ4n) is 1.77. The van der Waals surface area contributed by atoms with Crippen LogP contribution in [0.15, 0.2) is 0 Å². The summed E-state index contributed by atoms with van der Waals surface area (Å²) in [5.74, 6) is -16.4. The Morgan fingerprint density at radius 2 is 0.850 bits per heavy atom. The number of halogens is 7. The Morgan fingerprint density at radius 3 is 1.25 bits per heavy atom. The summed E-state index contributed by atoms with van der Waals surface area (Å²) >= 11 is 0. The molecule has 0 aliphatic rings. The molecular weight excluding hydrogens is 296 g/mol. The van der Waals surface area contributed by atoms with Crippen molar-refractivity contribution in [2.45, 2.75) is 0 Å². The lowest BCUT2D eigenvalue weighted by Crippen LogP contribution is -2.36. The molecule has 0 fully saturated rings. The van der Waals surface area contributed by atoms with E-state index in [0.29, 0.717) is 0 Å². The minimum absolute atomic E-state index is 1.63. The average Bonchev–Trinajstić information content (AvgIpc) is 2.39. The first-order valence-corrected chi connectivity index (χ1v) is 4.88. The monoisotopic (exact) mass is 298 g/mol. The number of benzene rings is 2. The van der Waals surface area contributed by atoms with Gasteiger partial charge in [0.2, 0.25) is 0 Å². The van der Waals surface area contributed by atoms with E-state index in [0.717, 1.165) is 0 Å². The van der Waals surface area contributed by atoms with E-state index in [4.69, 9.17) is 10.0 Å². The Hall–Kier alpha value is -1.81. The van der Waals surface area contributed by atoms with Gasteiger partial charge in [0, 0.05) is 10.8 Å². The van der Waals surface area contributed by atoms with Gasteiger partial charge in [-0.05, 0) is 0 Å². The highest BCUT2D eigenvalue weighted by Crippen LogP contribution is 2.30. The fourth-order valence-corrected chi connectivity index (χ4v) is 1.77. The smallest absolute Gasteiger partial charge is 0.423 e. The molecule has 0 bridgehead atoms. The summed E-state index contributed by atoms with van der Waals surface area (Å²) in [5.41, 5.74) is -1.64. The van der Waals surface area contributed by atoms with Crippen LogP contribution in [0.2, 0.25) is 0 Å². The van der Waals surface area contributed by atoms with Gasteiger partial charge in [-0.25, -0.2) is 30.7 Å². The van der Waals surface area contributed by atoms with Crippen molar-refractivity contribution >= 4 is 23.4 Å². The van der Waals surface area contributed by atoms with Crippen LogP contribution in [0.3, 0.4) is 0 Å². The number of rotatable bonds is 1. The second-order valence-electron chi connectivity index (χ2n) is 3.74. The Labute approximate surface area is 106 Å². The predicted octanol–water partition coefficient (Wildman–Crippen LogP) is 1.49. The molecule has 10 heteroatoms. The first-order chi connectivity index (χ1) is 9.20. The van der Waals surface area contributed by atoms with E-state index in [1.165, 1.54) is 0 Å². The zero-order valence-electron chi connectivity index (χ0n) is 9.12. The van der Waals surface area contributed by atoms with E-state index in [9.17, 15) is 30.7 Å². The van der Waals surface area contributed by atoms with Gasteiger partial charge in [0.05, 0.1) is 5.39 Å². The van der Waals surface area contributed by atoms with Crippen molar-refractivity contribution in [2.24, 2.45) is 0 Å². The summed E-state index contributed by atoms with van der Waals surface area (Å²) in [4.78, 5) is 0. The van der Waals surface area contributed by atoms with Crippen LogP contribution in [0.5, 0.6) is 0 Å². The van der Waals surface area contributed by atoms with E-state index >= 15 is 0 Å². The fraction of sp³-hybridized carbons (Fsp3) is 0. The summed E-state index contributed by atoms with van der Waals surface area (Å²) in [6.45, 7) is 0. The number of hydrogen-bond acceptors (Lipinski definition) is 2. The van der Waals surface area contributed by atoms with E-state index in [2.05, 4.69) is 0 Å². The molecule has 2 aromatic carbocycles. The Balaban J connectivity index is 3.22. The standard InChI is InChI=1S/C10H2BF7O2/c12-4-1-2(6(14)10(18)9(4)17)5(13)8(16)7(15)3(1)11(19)20/h19-20H. The average molecular weight is 298 g/mol. The highest BCUT2D eigenvalue weighted by molar-refractivity contribution is 6.62. The molecule has 20 heavy (non-hydrogen) atoms. The first-order valence-electron chi connectivity index (χ1n) is 4.88. The molecule has 2 nitrogen and oxygen atoms in total. The minimum Gasteiger partial charge on any atom is -0.423 e. The minimum atomic E-state index is -2.91. The maximum absolute atomic E-state index is 13.5. The zero-order valence-corrected chi connectivity index (χ0v) is 9.12. The molecule has 2 rings (SSSR count). The normalized spacial score (nSPS) is 11.2. The van der Waals surface area contributed by atoms with Crippen LogP contribution in [0.25, 0.3) is 10.8 Å². The molecule has 0 aromatic heterocycles. The van der Waals surface area contributed by atoms with Crippen LogP contribution < -0.4 is 5.46 Å². The van der Waals surface area contributed by atoms with Crippen LogP contribution in [0.1, 0.15) is 0 Å². The van der Waals surface area contributed by atoms with Gasteiger partial charge in [-0.1, -0.05) is 0 Å². The number of hydrogen-bond donors (Lipinski definition) is 2. The molecule has 0 amide bonds. The van der Waals surface area contributed by atoms with Gasteiger partial charge >= 0.3 is 7.12 Å². The highest BCUT2D eigenvalue weighted by atomic mass is 19.2. The molecule has 0 aliphatic carbocycles. The van der Waals surface area contributed by atoms with Gasteiger partial charge < -0.3 is 10.0 Å². The molecular formula is C10H2BF7O2. The molecule has 2 N–H and O–H groups in total. The quantitative estimate of drug-likeness (QED) is 0.362. The van der Waals surface area contributed by atoms with Gasteiger partial charge in [-0.15, -0.1) is 0 Å². The van der Waals surface area contributed by atoms with Crippen molar-refractivity contribution in [3.05, 3.63) is 40.7 Å². The molecule has 0 saturated carbocycles. The topological polar surface area (TPSA) is 40.5 Å². The van der Waals surface area contributed by atoms with Crippen molar-refractivity contribution in [2.75, 3.05) is 0 Å². The van der Waals surface area contributed by atoms with Crippen molar-refractivity contribution in [3.8, 4) is 0 Å². The second-order valence-corrected chi connectivity index (χ2v) is 3.74. The Bertz CT molecular complexity index is 724. The van der Waals surface area contributed by atoms with Crippen molar-refractivity contribution in [1.29, 1.82) is 0 Å². The van der Waals surface area contributed by atoms with Crippen LogP contribution >= 0.6 is 0 Å². The third kappa shape index (κ3) is 1.75. The van der Waals surface area contributed by atoms with Crippen molar-refractivity contribution in [3.63, 3.8) is 0 Å². The molecule has 2 aromatic rings.